The van der Waals surface area contributed by atoms with Gasteiger partial charge in [0.25, 0.3) is 0 Å². The molecule has 6 heteroatoms. The third kappa shape index (κ3) is 7.11. The molecule has 0 aliphatic rings. The first-order valence-electron chi connectivity index (χ1n) is 6.10. The van der Waals surface area contributed by atoms with E-state index >= 15 is 0 Å². The molecule has 0 spiro atoms. The van der Waals surface area contributed by atoms with Crippen LogP contribution in [-0.2, 0) is 4.79 Å². The molecule has 0 heterocycles. The summed E-state index contributed by atoms with van der Waals surface area (Å²) in [6.07, 6.45) is 0. The lowest BCUT2D eigenvalue weighted by atomic mass is 10.2. The Morgan fingerprint density at radius 3 is 2.06 bits per heavy atom. The molecule has 2 amide bonds. The van der Waals surface area contributed by atoms with Gasteiger partial charge in [0.05, 0.1) is 0 Å². The second-order valence-corrected chi connectivity index (χ2v) is 5.18. The summed E-state index contributed by atoms with van der Waals surface area (Å²) >= 11 is 0. The van der Waals surface area contributed by atoms with Crippen molar-refractivity contribution >= 4 is 12.0 Å². The fraction of sp³-hybridized carbons (Fsp3) is 0.833. The van der Waals surface area contributed by atoms with Gasteiger partial charge in [0.2, 0.25) is 0 Å². The highest BCUT2D eigenvalue weighted by Crippen LogP contribution is 2.03. The molecular formula is C12H25N3O3. The number of carboxylic acids is 1. The van der Waals surface area contributed by atoms with Crippen LogP contribution in [0.15, 0.2) is 0 Å². The number of amides is 2. The van der Waals surface area contributed by atoms with Crippen molar-refractivity contribution in [2.24, 2.45) is 5.92 Å². The molecule has 0 saturated heterocycles. The first-order chi connectivity index (χ1) is 8.23. The van der Waals surface area contributed by atoms with Crippen LogP contribution in [0.1, 0.15) is 13.8 Å². The van der Waals surface area contributed by atoms with Gasteiger partial charge in [-0.1, -0.05) is 13.8 Å². The summed E-state index contributed by atoms with van der Waals surface area (Å²) in [4.78, 5) is 27.8. The summed E-state index contributed by atoms with van der Waals surface area (Å²) in [5.74, 6) is -0.736. The molecule has 0 rings (SSSR count). The average Bonchev–Trinajstić information content (AvgIpc) is 2.22. The number of carboxylic acid groups (broad SMARTS) is 1. The molecule has 0 bridgehead atoms. The van der Waals surface area contributed by atoms with Crippen LogP contribution in [0.5, 0.6) is 0 Å². The van der Waals surface area contributed by atoms with E-state index in [0.29, 0.717) is 13.1 Å². The first kappa shape index (κ1) is 16.7. The zero-order chi connectivity index (χ0) is 14.3. The normalized spacial score (nSPS) is 10.8. The van der Waals surface area contributed by atoms with Crippen LogP contribution in [0.4, 0.5) is 4.79 Å². The number of urea groups is 1. The standard InChI is InChI=1S/C12H25N3O3/c1-10(2)8-15(9-11(16)17)12(18)14(5)7-6-13(3)4/h10H,6-9H2,1-5H3,(H,16,17). The average molecular weight is 259 g/mol. The Morgan fingerprint density at radius 2 is 1.67 bits per heavy atom. The van der Waals surface area contributed by atoms with Crippen LogP contribution >= 0.6 is 0 Å². The van der Waals surface area contributed by atoms with E-state index in [1.807, 2.05) is 32.8 Å². The van der Waals surface area contributed by atoms with E-state index in [1.165, 1.54) is 4.90 Å². The molecule has 0 aliphatic carbocycles. The topological polar surface area (TPSA) is 64.1 Å². The molecule has 1 N–H and O–H groups in total. The van der Waals surface area contributed by atoms with Crippen molar-refractivity contribution in [1.82, 2.24) is 14.7 Å². The van der Waals surface area contributed by atoms with Gasteiger partial charge in [-0.25, -0.2) is 4.79 Å². The van der Waals surface area contributed by atoms with Crippen molar-refractivity contribution in [2.75, 3.05) is 47.3 Å². The fourth-order valence-corrected chi connectivity index (χ4v) is 1.50. The molecular weight excluding hydrogens is 234 g/mol. The lowest BCUT2D eigenvalue weighted by Crippen LogP contribution is -2.46. The number of carbonyl (C=O) groups excluding carboxylic acids is 1. The van der Waals surface area contributed by atoms with Gasteiger partial charge in [-0.2, -0.15) is 0 Å². The van der Waals surface area contributed by atoms with Crippen molar-refractivity contribution in [3.8, 4) is 0 Å². The van der Waals surface area contributed by atoms with Crippen LogP contribution in [0.2, 0.25) is 0 Å². The van der Waals surface area contributed by atoms with Crippen molar-refractivity contribution in [3.63, 3.8) is 0 Å². The smallest absolute Gasteiger partial charge is 0.323 e. The van der Waals surface area contributed by atoms with Crippen LogP contribution < -0.4 is 0 Å². The molecule has 0 saturated carbocycles. The van der Waals surface area contributed by atoms with Gasteiger partial charge in [0.1, 0.15) is 6.54 Å². The molecule has 0 aromatic carbocycles. The van der Waals surface area contributed by atoms with Gasteiger partial charge in [0, 0.05) is 26.7 Å². The van der Waals surface area contributed by atoms with Crippen LogP contribution in [0.3, 0.4) is 0 Å². The van der Waals surface area contributed by atoms with Gasteiger partial charge < -0.3 is 19.8 Å². The molecule has 6 nitrogen and oxygen atoms in total. The summed E-state index contributed by atoms with van der Waals surface area (Å²) < 4.78 is 0. The molecule has 0 radical (unpaired) electrons. The van der Waals surface area contributed by atoms with Crippen LogP contribution in [0, 0.1) is 5.92 Å². The third-order valence-corrected chi connectivity index (χ3v) is 2.39. The van der Waals surface area contributed by atoms with Crippen molar-refractivity contribution in [2.45, 2.75) is 13.8 Å². The van der Waals surface area contributed by atoms with Crippen molar-refractivity contribution in [1.29, 1.82) is 0 Å². The monoisotopic (exact) mass is 259 g/mol. The predicted molar refractivity (Wildman–Crippen MR) is 70.6 cm³/mol. The highest BCUT2D eigenvalue weighted by atomic mass is 16.4. The van der Waals surface area contributed by atoms with Gasteiger partial charge in [-0.15, -0.1) is 0 Å². The van der Waals surface area contributed by atoms with E-state index in [-0.39, 0.29) is 18.5 Å². The van der Waals surface area contributed by atoms with E-state index in [9.17, 15) is 9.59 Å². The Hall–Kier alpha value is -1.30. The van der Waals surface area contributed by atoms with Crippen LogP contribution in [0.25, 0.3) is 0 Å². The molecule has 0 aromatic heterocycles. The molecule has 106 valence electrons. The number of likely N-dealkylation sites (N-methyl/N-ethyl adjacent to an activating group) is 2. The van der Waals surface area contributed by atoms with Gasteiger partial charge in [-0.05, 0) is 20.0 Å². The zero-order valence-electron chi connectivity index (χ0n) is 12.0. The minimum Gasteiger partial charge on any atom is -0.480 e. The largest absolute Gasteiger partial charge is 0.480 e. The van der Waals surface area contributed by atoms with Crippen molar-refractivity contribution < 1.29 is 14.7 Å². The Kier molecular flexibility index (Phi) is 7.35. The van der Waals surface area contributed by atoms with Gasteiger partial charge in [0.15, 0.2) is 0 Å². The molecule has 18 heavy (non-hydrogen) atoms. The Balaban J connectivity index is 4.47. The zero-order valence-corrected chi connectivity index (χ0v) is 12.0. The summed E-state index contributed by atoms with van der Waals surface area (Å²) in [5, 5.41) is 8.82. The summed E-state index contributed by atoms with van der Waals surface area (Å²) in [7, 11) is 5.56. The maximum atomic E-state index is 12.1. The van der Waals surface area contributed by atoms with Crippen LogP contribution in [-0.4, -0.2) is 79.1 Å². The van der Waals surface area contributed by atoms with Gasteiger partial charge >= 0.3 is 12.0 Å². The summed E-state index contributed by atoms with van der Waals surface area (Å²) in [6.45, 7) is 5.47. The number of hydrogen-bond acceptors (Lipinski definition) is 3. The summed E-state index contributed by atoms with van der Waals surface area (Å²) in [5.41, 5.74) is 0. The number of nitrogens with zero attached hydrogens (tertiary/aromatic N) is 3. The second-order valence-electron chi connectivity index (χ2n) is 5.18. The molecule has 0 aliphatic heterocycles. The molecule has 0 aromatic rings. The quantitative estimate of drug-likeness (QED) is 0.729. The fourth-order valence-electron chi connectivity index (χ4n) is 1.50. The minimum atomic E-state index is -0.981. The number of carbonyl (C=O) groups is 2. The third-order valence-electron chi connectivity index (χ3n) is 2.39. The SMILES string of the molecule is CC(C)CN(CC(=O)O)C(=O)N(C)CCN(C)C. The predicted octanol–water partition coefficient (Wildman–Crippen LogP) is 0.642. The maximum absolute atomic E-state index is 12.1. The second kappa shape index (κ2) is 7.92. The Bertz CT molecular complexity index is 280. The number of hydrogen-bond donors (Lipinski definition) is 1. The maximum Gasteiger partial charge on any atom is 0.323 e. The molecule has 0 atom stereocenters. The lowest BCUT2D eigenvalue weighted by Gasteiger charge is -2.29. The Labute approximate surface area is 109 Å². The van der Waals surface area contributed by atoms with Gasteiger partial charge in [-0.3, -0.25) is 4.79 Å². The molecule has 0 unspecified atom stereocenters. The lowest BCUT2D eigenvalue weighted by molar-refractivity contribution is -0.137. The highest BCUT2D eigenvalue weighted by Gasteiger charge is 2.21. The van der Waals surface area contributed by atoms with E-state index in [2.05, 4.69) is 0 Å². The first-order valence-corrected chi connectivity index (χ1v) is 6.10. The van der Waals surface area contributed by atoms with E-state index in [0.717, 1.165) is 6.54 Å². The van der Waals surface area contributed by atoms with E-state index in [4.69, 9.17) is 5.11 Å². The number of rotatable bonds is 7. The Morgan fingerprint density at radius 1 is 1.11 bits per heavy atom. The van der Waals surface area contributed by atoms with Crippen molar-refractivity contribution in [3.05, 3.63) is 0 Å². The minimum absolute atomic E-state index is 0.229. The molecule has 0 fully saturated rings. The summed E-state index contributed by atoms with van der Waals surface area (Å²) in [6, 6.07) is -0.229. The van der Waals surface area contributed by atoms with E-state index < -0.39 is 5.97 Å². The highest BCUT2D eigenvalue weighted by molar-refractivity contribution is 5.80. The number of aliphatic carboxylic acids is 1. The van der Waals surface area contributed by atoms with E-state index in [1.54, 1.807) is 11.9 Å².